The van der Waals surface area contributed by atoms with Crippen molar-refractivity contribution in [3.63, 3.8) is 0 Å². The smallest absolute Gasteiger partial charge is 0.433 e. The molecule has 0 unspecified atom stereocenters. The topological polar surface area (TPSA) is 108 Å². The highest BCUT2D eigenvalue weighted by atomic mass is 32.2. The molecule has 21 heavy (non-hydrogen) atoms. The standard InChI is InChI=1S/C11H11N3O5S2/c1-2-5-18-9(15)6-20-11-13-12-10(21-11)7-3-4-8(19-7)14(16)17/h3-4H,2,5-6H2,1H3. The number of esters is 1. The van der Waals surface area contributed by atoms with Crippen LogP contribution in [0.2, 0.25) is 0 Å². The number of nitro groups is 1. The van der Waals surface area contributed by atoms with E-state index in [9.17, 15) is 14.9 Å². The lowest BCUT2D eigenvalue weighted by molar-refractivity contribution is -0.401. The molecule has 8 nitrogen and oxygen atoms in total. The van der Waals surface area contributed by atoms with E-state index in [0.29, 0.717) is 16.0 Å². The van der Waals surface area contributed by atoms with Gasteiger partial charge >= 0.3 is 11.9 Å². The molecule has 0 amide bonds. The van der Waals surface area contributed by atoms with Crippen LogP contribution in [-0.4, -0.2) is 33.4 Å². The zero-order valence-corrected chi connectivity index (χ0v) is 12.6. The normalized spacial score (nSPS) is 10.5. The quantitative estimate of drug-likeness (QED) is 0.330. The van der Waals surface area contributed by atoms with Crippen LogP contribution in [0.3, 0.4) is 0 Å². The van der Waals surface area contributed by atoms with Gasteiger partial charge in [-0.05, 0) is 12.5 Å². The fourth-order valence-corrected chi connectivity index (χ4v) is 2.90. The summed E-state index contributed by atoms with van der Waals surface area (Å²) in [6, 6.07) is 2.72. The first kappa shape index (κ1) is 15.4. The van der Waals surface area contributed by atoms with Crippen molar-refractivity contribution >= 4 is 35.0 Å². The number of carbonyl (C=O) groups excluding carboxylic acids is 1. The summed E-state index contributed by atoms with van der Waals surface area (Å²) < 4.78 is 10.5. The third kappa shape index (κ3) is 4.26. The van der Waals surface area contributed by atoms with Crippen LogP contribution in [0.4, 0.5) is 5.88 Å². The molecule has 0 saturated heterocycles. The van der Waals surface area contributed by atoms with Crippen molar-refractivity contribution < 1.29 is 18.9 Å². The van der Waals surface area contributed by atoms with Gasteiger partial charge in [-0.3, -0.25) is 14.9 Å². The highest BCUT2D eigenvalue weighted by Gasteiger charge is 2.17. The molecule has 0 N–H and O–H groups in total. The van der Waals surface area contributed by atoms with Gasteiger partial charge in [0.15, 0.2) is 15.1 Å². The summed E-state index contributed by atoms with van der Waals surface area (Å²) in [6.45, 7) is 2.32. The minimum absolute atomic E-state index is 0.146. The summed E-state index contributed by atoms with van der Waals surface area (Å²) in [5, 5.41) is 18.7. The SMILES string of the molecule is CCCOC(=O)CSc1nnc(-c2ccc([N+](=O)[O-])o2)s1. The van der Waals surface area contributed by atoms with Crippen molar-refractivity contribution in [1.29, 1.82) is 0 Å². The van der Waals surface area contributed by atoms with E-state index in [2.05, 4.69) is 10.2 Å². The minimum atomic E-state index is -0.621. The predicted molar refractivity (Wildman–Crippen MR) is 76.2 cm³/mol. The third-order valence-corrected chi connectivity index (χ3v) is 4.21. The molecule has 0 spiro atoms. The highest BCUT2D eigenvalue weighted by Crippen LogP contribution is 2.32. The van der Waals surface area contributed by atoms with Crippen LogP contribution in [-0.2, 0) is 9.53 Å². The molecule has 0 atom stereocenters. The van der Waals surface area contributed by atoms with Crippen molar-refractivity contribution in [3.8, 4) is 10.8 Å². The number of ether oxygens (including phenoxy) is 1. The lowest BCUT2D eigenvalue weighted by Gasteiger charge is -2.00. The Morgan fingerprint density at radius 1 is 1.52 bits per heavy atom. The van der Waals surface area contributed by atoms with Gasteiger partial charge < -0.3 is 9.15 Å². The van der Waals surface area contributed by atoms with Crippen LogP contribution >= 0.6 is 23.1 Å². The molecule has 0 saturated carbocycles. The number of furan rings is 1. The summed E-state index contributed by atoms with van der Waals surface area (Å²) >= 11 is 2.40. The van der Waals surface area contributed by atoms with Gasteiger partial charge in [-0.15, -0.1) is 10.2 Å². The maximum absolute atomic E-state index is 11.4. The van der Waals surface area contributed by atoms with E-state index in [4.69, 9.17) is 9.15 Å². The van der Waals surface area contributed by atoms with E-state index >= 15 is 0 Å². The van der Waals surface area contributed by atoms with Crippen molar-refractivity contribution in [2.75, 3.05) is 12.4 Å². The Balaban J connectivity index is 1.94. The molecular weight excluding hydrogens is 318 g/mol. The average Bonchev–Trinajstić information content (AvgIpc) is 3.11. The van der Waals surface area contributed by atoms with Gasteiger partial charge in [-0.25, -0.2) is 0 Å². The molecule has 112 valence electrons. The Morgan fingerprint density at radius 2 is 2.33 bits per heavy atom. The van der Waals surface area contributed by atoms with E-state index in [1.807, 2.05) is 6.92 Å². The monoisotopic (exact) mass is 329 g/mol. The summed E-state index contributed by atoms with van der Waals surface area (Å²) in [6.07, 6.45) is 0.774. The van der Waals surface area contributed by atoms with E-state index in [1.54, 1.807) is 0 Å². The molecule has 2 aromatic rings. The fraction of sp³-hybridized carbons (Fsp3) is 0.364. The fourth-order valence-electron chi connectivity index (χ4n) is 1.29. The first-order valence-electron chi connectivity index (χ1n) is 5.96. The van der Waals surface area contributed by atoms with Gasteiger partial charge in [-0.2, -0.15) is 0 Å². The zero-order valence-electron chi connectivity index (χ0n) is 11.0. The number of carbonyl (C=O) groups is 1. The largest absolute Gasteiger partial charge is 0.465 e. The number of hydrogen-bond acceptors (Lipinski definition) is 9. The van der Waals surface area contributed by atoms with Crippen LogP contribution in [0.15, 0.2) is 20.9 Å². The molecule has 0 aliphatic heterocycles. The second-order valence-corrected chi connectivity index (χ2v) is 5.98. The number of aromatic nitrogens is 2. The van der Waals surface area contributed by atoms with Crippen molar-refractivity contribution in [2.24, 2.45) is 0 Å². The Bertz CT molecular complexity index is 639. The molecular formula is C11H11N3O5S2. The first-order chi connectivity index (χ1) is 10.1. The number of hydrogen-bond donors (Lipinski definition) is 0. The lowest BCUT2D eigenvalue weighted by Crippen LogP contribution is -2.07. The Labute approximate surface area is 127 Å². The number of rotatable bonds is 7. The summed E-state index contributed by atoms with van der Waals surface area (Å²) in [5.41, 5.74) is 0. The summed E-state index contributed by atoms with van der Waals surface area (Å²) in [7, 11) is 0. The molecule has 2 rings (SSSR count). The van der Waals surface area contributed by atoms with Crippen LogP contribution < -0.4 is 0 Å². The van der Waals surface area contributed by atoms with Crippen molar-refractivity contribution in [1.82, 2.24) is 10.2 Å². The first-order valence-corrected chi connectivity index (χ1v) is 7.77. The Hall–Kier alpha value is -1.94. The average molecular weight is 329 g/mol. The van der Waals surface area contributed by atoms with E-state index in [0.717, 1.165) is 6.42 Å². The van der Waals surface area contributed by atoms with E-state index in [-0.39, 0.29) is 23.4 Å². The highest BCUT2D eigenvalue weighted by molar-refractivity contribution is 8.01. The lowest BCUT2D eigenvalue weighted by atomic mass is 10.5. The molecule has 0 aliphatic rings. The van der Waals surface area contributed by atoms with Crippen LogP contribution in [0.1, 0.15) is 13.3 Å². The molecule has 0 aliphatic carbocycles. The van der Waals surface area contributed by atoms with Crippen molar-refractivity contribution in [3.05, 3.63) is 22.2 Å². The second kappa shape index (κ2) is 7.18. The zero-order chi connectivity index (χ0) is 15.2. The third-order valence-electron chi connectivity index (χ3n) is 2.17. The summed E-state index contributed by atoms with van der Waals surface area (Å²) in [4.78, 5) is 21.3. The number of nitrogens with zero attached hydrogens (tertiary/aromatic N) is 3. The van der Waals surface area contributed by atoms with Gasteiger partial charge in [0.1, 0.15) is 4.92 Å². The molecule has 0 bridgehead atoms. The van der Waals surface area contributed by atoms with Crippen LogP contribution in [0, 0.1) is 10.1 Å². The summed E-state index contributed by atoms with van der Waals surface area (Å²) in [5.74, 6) is -0.239. The molecule has 0 fully saturated rings. The van der Waals surface area contributed by atoms with Crippen LogP contribution in [0.5, 0.6) is 0 Å². The second-order valence-electron chi connectivity index (χ2n) is 3.78. The van der Waals surface area contributed by atoms with Gasteiger partial charge in [0.05, 0.1) is 18.4 Å². The maximum atomic E-state index is 11.4. The maximum Gasteiger partial charge on any atom is 0.433 e. The Kier molecular flexibility index (Phi) is 5.28. The molecule has 2 aromatic heterocycles. The van der Waals surface area contributed by atoms with Gasteiger partial charge in [0, 0.05) is 0 Å². The predicted octanol–water partition coefficient (Wildman–Crippen LogP) is 2.75. The molecule has 0 radical (unpaired) electrons. The minimum Gasteiger partial charge on any atom is -0.465 e. The van der Waals surface area contributed by atoms with E-state index < -0.39 is 4.92 Å². The molecule has 2 heterocycles. The van der Waals surface area contributed by atoms with Gasteiger partial charge in [0.25, 0.3) is 0 Å². The van der Waals surface area contributed by atoms with Gasteiger partial charge in [-0.1, -0.05) is 30.0 Å². The Morgan fingerprint density at radius 3 is 3.00 bits per heavy atom. The number of thioether (sulfide) groups is 1. The molecule has 0 aromatic carbocycles. The van der Waals surface area contributed by atoms with Crippen molar-refractivity contribution in [2.45, 2.75) is 17.7 Å². The van der Waals surface area contributed by atoms with Gasteiger partial charge in [0.2, 0.25) is 0 Å². The molecule has 10 heteroatoms. The van der Waals surface area contributed by atoms with Crippen LogP contribution in [0.25, 0.3) is 10.8 Å². The van der Waals surface area contributed by atoms with E-state index in [1.165, 1.54) is 35.2 Å².